The first kappa shape index (κ1) is 15.8. The van der Waals surface area contributed by atoms with Crippen LogP contribution in [0.4, 0.5) is 0 Å². The summed E-state index contributed by atoms with van der Waals surface area (Å²) in [6, 6.07) is 16.8. The van der Waals surface area contributed by atoms with E-state index in [2.05, 4.69) is 4.98 Å². The van der Waals surface area contributed by atoms with Gasteiger partial charge in [0.1, 0.15) is 17.3 Å². The van der Waals surface area contributed by atoms with Gasteiger partial charge in [-0.15, -0.1) is 0 Å². The summed E-state index contributed by atoms with van der Waals surface area (Å²) in [7, 11) is 0. The fraction of sp³-hybridized carbons (Fsp3) is 0.158. The maximum Gasteiger partial charge on any atom is 0.360 e. The lowest BCUT2D eigenvalue weighted by molar-refractivity contribution is 0.0518. The second-order valence-corrected chi connectivity index (χ2v) is 5.08. The Labute approximate surface area is 139 Å². The van der Waals surface area contributed by atoms with Crippen molar-refractivity contribution in [2.75, 3.05) is 6.61 Å². The van der Waals surface area contributed by atoms with Gasteiger partial charge < -0.3 is 13.9 Å². The van der Waals surface area contributed by atoms with E-state index < -0.39 is 5.97 Å². The van der Waals surface area contributed by atoms with Gasteiger partial charge in [-0.25, -0.2) is 9.78 Å². The van der Waals surface area contributed by atoms with Crippen LogP contribution in [-0.4, -0.2) is 17.6 Å². The van der Waals surface area contributed by atoms with Crippen LogP contribution >= 0.6 is 0 Å². The van der Waals surface area contributed by atoms with E-state index in [4.69, 9.17) is 13.9 Å². The molecular formula is C19H17NO4. The smallest absolute Gasteiger partial charge is 0.360 e. The summed E-state index contributed by atoms with van der Waals surface area (Å²) in [6.07, 6.45) is 0. The molecular weight excluding hydrogens is 306 g/mol. The number of ether oxygens (including phenoxy) is 2. The maximum absolute atomic E-state index is 11.8. The molecule has 0 N–H and O–H groups in total. The molecule has 3 aromatic rings. The Balaban J connectivity index is 1.78. The average Bonchev–Trinajstić information content (AvgIpc) is 2.99. The molecule has 1 aromatic heterocycles. The van der Waals surface area contributed by atoms with Gasteiger partial charge in [0.15, 0.2) is 5.69 Å². The van der Waals surface area contributed by atoms with Crippen molar-refractivity contribution in [3.05, 3.63) is 66.1 Å². The second-order valence-electron chi connectivity index (χ2n) is 5.08. The highest BCUT2D eigenvalue weighted by atomic mass is 16.5. The number of hydrogen-bond donors (Lipinski definition) is 0. The predicted molar refractivity (Wildman–Crippen MR) is 89.1 cm³/mol. The minimum Gasteiger partial charge on any atom is -0.461 e. The van der Waals surface area contributed by atoms with Crippen molar-refractivity contribution in [2.24, 2.45) is 0 Å². The van der Waals surface area contributed by atoms with E-state index in [1.54, 1.807) is 13.8 Å². The molecule has 1 heterocycles. The Bertz CT molecular complexity index is 822. The number of esters is 1. The Hall–Kier alpha value is -3.08. The summed E-state index contributed by atoms with van der Waals surface area (Å²) in [5.74, 6) is 1.81. The first-order chi connectivity index (χ1) is 11.7. The van der Waals surface area contributed by atoms with Gasteiger partial charge in [-0.2, -0.15) is 0 Å². The molecule has 2 aromatic carbocycles. The van der Waals surface area contributed by atoms with E-state index in [-0.39, 0.29) is 5.69 Å². The number of benzene rings is 2. The van der Waals surface area contributed by atoms with Gasteiger partial charge in [0, 0.05) is 5.56 Å². The van der Waals surface area contributed by atoms with Crippen molar-refractivity contribution in [3.8, 4) is 23.0 Å². The van der Waals surface area contributed by atoms with Crippen molar-refractivity contribution in [3.63, 3.8) is 0 Å². The third-order valence-corrected chi connectivity index (χ3v) is 3.35. The third kappa shape index (κ3) is 3.46. The Morgan fingerprint density at radius 2 is 1.71 bits per heavy atom. The lowest BCUT2D eigenvalue weighted by atomic mass is 10.2. The van der Waals surface area contributed by atoms with E-state index in [9.17, 15) is 4.79 Å². The van der Waals surface area contributed by atoms with Crippen LogP contribution in [0.2, 0.25) is 0 Å². The third-order valence-electron chi connectivity index (χ3n) is 3.35. The number of nitrogens with zero attached hydrogens (tertiary/aromatic N) is 1. The zero-order valence-electron chi connectivity index (χ0n) is 13.5. The summed E-state index contributed by atoms with van der Waals surface area (Å²) in [5.41, 5.74) is 0.963. The van der Waals surface area contributed by atoms with Gasteiger partial charge in [-0.3, -0.25) is 0 Å². The van der Waals surface area contributed by atoms with Crippen LogP contribution in [-0.2, 0) is 4.74 Å². The number of rotatable bonds is 5. The van der Waals surface area contributed by atoms with Crippen LogP contribution in [0.1, 0.15) is 23.2 Å². The molecule has 0 aliphatic carbocycles. The van der Waals surface area contributed by atoms with Gasteiger partial charge >= 0.3 is 5.97 Å². The standard InChI is InChI=1S/C19H17NO4/c1-3-22-19(21)17-13(2)23-18(20-17)14-9-11-16(12-10-14)24-15-7-5-4-6-8-15/h4-12H,3H2,1-2H3. The summed E-state index contributed by atoms with van der Waals surface area (Å²) in [4.78, 5) is 16.0. The van der Waals surface area contributed by atoms with Gasteiger partial charge in [-0.05, 0) is 50.2 Å². The molecule has 3 rings (SSSR count). The van der Waals surface area contributed by atoms with E-state index in [1.807, 2.05) is 54.6 Å². The normalized spacial score (nSPS) is 10.4. The van der Waals surface area contributed by atoms with E-state index in [0.717, 1.165) is 11.3 Å². The summed E-state index contributed by atoms with van der Waals surface area (Å²) in [5, 5.41) is 0. The highest BCUT2D eigenvalue weighted by Crippen LogP contribution is 2.26. The lowest BCUT2D eigenvalue weighted by Crippen LogP contribution is -2.06. The van der Waals surface area contributed by atoms with Gasteiger partial charge in [-0.1, -0.05) is 18.2 Å². The molecule has 24 heavy (non-hydrogen) atoms. The molecule has 0 saturated carbocycles. The molecule has 0 amide bonds. The largest absolute Gasteiger partial charge is 0.461 e. The topological polar surface area (TPSA) is 61.6 Å². The van der Waals surface area contributed by atoms with E-state index >= 15 is 0 Å². The highest BCUT2D eigenvalue weighted by Gasteiger charge is 2.19. The quantitative estimate of drug-likeness (QED) is 0.641. The number of para-hydroxylation sites is 1. The number of carbonyl (C=O) groups is 1. The molecule has 0 unspecified atom stereocenters. The van der Waals surface area contributed by atoms with Crippen molar-refractivity contribution in [1.82, 2.24) is 4.98 Å². The first-order valence-electron chi connectivity index (χ1n) is 7.65. The number of hydrogen-bond acceptors (Lipinski definition) is 5. The molecule has 0 saturated heterocycles. The average molecular weight is 323 g/mol. The van der Waals surface area contributed by atoms with Crippen LogP contribution in [0.15, 0.2) is 59.0 Å². The minimum atomic E-state index is -0.478. The van der Waals surface area contributed by atoms with Crippen LogP contribution < -0.4 is 4.74 Å². The zero-order chi connectivity index (χ0) is 16.9. The number of aromatic nitrogens is 1. The fourth-order valence-electron chi connectivity index (χ4n) is 2.20. The number of carbonyl (C=O) groups excluding carboxylic acids is 1. The molecule has 5 nitrogen and oxygen atoms in total. The zero-order valence-corrected chi connectivity index (χ0v) is 13.5. The van der Waals surface area contributed by atoms with Gasteiger partial charge in [0.25, 0.3) is 0 Å². The Kier molecular flexibility index (Phi) is 4.61. The molecule has 0 aliphatic rings. The van der Waals surface area contributed by atoms with Gasteiger partial charge in [0.2, 0.25) is 5.89 Å². The minimum absolute atomic E-state index is 0.205. The summed E-state index contributed by atoms with van der Waals surface area (Å²) < 4.78 is 16.3. The van der Waals surface area contributed by atoms with Crippen LogP contribution in [0.25, 0.3) is 11.5 Å². The monoisotopic (exact) mass is 323 g/mol. The van der Waals surface area contributed by atoms with E-state index in [0.29, 0.717) is 24.0 Å². The first-order valence-corrected chi connectivity index (χ1v) is 7.65. The lowest BCUT2D eigenvalue weighted by Gasteiger charge is -2.05. The SMILES string of the molecule is CCOC(=O)c1nc(-c2ccc(Oc3ccccc3)cc2)oc1C. The molecule has 5 heteroatoms. The second kappa shape index (κ2) is 7.00. The van der Waals surface area contributed by atoms with Crippen molar-refractivity contribution >= 4 is 5.97 Å². The predicted octanol–water partition coefficient (Wildman–Crippen LogP) is 4.62. The molecule has 0 fully saturated rings. The summed E-state index contributed by atoms with van der Waals surface area (Å²) in [6.45, 7) is 3.74. The van der Waals surface area contributed by atoms with Gasteiger partial charge in [0.05, 0.1) is 6.61 Å². The van der Waals surface area contributed by atoms with E-state index in [1.165, 1.54) is 0 Å². The molecule has 0 radical (unpaired) electrons. The highest BCUT2D eigenvalue weighted by molar-refractivity contribution is 5.88. The molecule has 0 spiro atoms. The van der Waals surface area contributed by atoms with Crippen molar-refractivity contribution in [2.45, 2.75) is 13.8 Å². The molecule has 0 aliphatic heterocycles. The summed E-state index contributed by atoms with van der Waals surface area (Å²) >= 11 is 0. The maximum atomic E-state index is 11.8. The van der Waals surface area contributed by atoms with Crippen LogP contribution in [0.5, 0.6) is 11.5 Å². The van der Waals surface area contributed by atoms with Crippen molar-refractivity contribution < 1.29 is 18.7 Å². The fourth-order valence-corrected chi connectivity index (χ4v) is 2.20. The van der Waals surface area contributed by atoms with Crippen molar-refractivity contribution in [1.29, 1.82) is 0 Å². The molecule has 0 bridgehead atoms. The number of aryl methyl sites for hydroxylation is 1. The molecule has 122 valence electrons. The van der Waals surface area contributed by atoms with Crippen LogP contribution in [0.3, 0.4) is 0 Å². The Morgan fingerprint density at radius 1 is 1.04 bits per heavy atom. The number of oxazole rings is 1. The Morgan fingerprint density at radius 3 is 2.38 bits per heavy atom. The molecule has 0 atom stereocenters. The van der Waals surface area contributed by atoms with Crippen LogP contribution in [0, 0.1) is 6.92 Å².